The van der Waals surface area contributed by atoms with Crippen LogP contribution >= 0.6 is 0 Å². The van der Waals surface area contributed by atoms with Crippen LogP contribution in [0.3, 0.4) is 0 Å². The molecule has 1 aliphatic heterocycles. The number of benzene rings is 1. The second-order valence-electron chi connectivity index (χ2n) is 6.94. The molecule has 0 unspecified atom stereocenters. The van der Waals surface area contributed by atoms with Crippen LogP contribution in [0.25, 0.3) is 5.69 Å². The van der Waals surface area contributed by atoms with Gasteiger partial charge >= 0.3 is 0 Å². The van der Waals surface area contributed by atoms with Crippen LogP contribution in [0.5, 0.6) is 0 Å². The first-order valence-electron chi connectivity index (χ1n) is 9.66. The van der Waals surface area contributed by atoms with Gasteiger partial charge in [0.1, 0.15) is 5.82 Å². The summed E-state index contributed by atoms with van der Waals surface area (Å²) in [5, 5.41) is 6.78. The number of imidazole rings is 1. The molecule has 1 saturated heterocycles. The highest BCUT2D eigenvalue weighted by molar-refractivity contribution is 5.79. The summed E-state index contributed by atoms with van der Waals surface area (Å²) >= 11 is 0. The van der Waals surface area contributed by atoms with Crippen molar-refractivity contribution in [3.8, 4) is 5.69 Å². The van der Waals surface area contributed by atoms with Crippen LogP contribution in [0.1, 0.15) is 31.7 Å². The topological polar surface area (TPSA) is 57.5 Å². The first kappa shape index (κ1) is 19.4. The first-order chi connectivity index (χ1) is 13.2. The number of nitrogens with zero attached hydrogens (tertiary/aromatic N) is 4. The summed E-state index contributed by atoms with van der Waals surface area (Å²) in [6.07, 6.45) is 8.40. The van der Waals surface area contributed by atoms with Gasteiger partial charge in [0.25, 0.3) is 0 Å². The number of rotatable bonds is 6. The van der Waals surface area contributed by atoms with Gasteiger partial charge in [-0.15, -0.1) is 0 Å². The van der Waals surface area contributed by atoms with E-state index < -0.39 is 0 Å². The number of nitrogens with one attached hydrogen (secondary N) is 2. The van der Waals surface area contributed by atoms with Crippen LogP contribution in [0, 0.1) is 5.82 Å². The molecule has 2 aromatic rings. The smallest absolute Gasteiger partial charge is 0.191 e. The number of hydrogen-bond acceptors (Lipinski definition) is 3. The van der Waals surface area contributed by atoms with E-state index >= 15 is 0 Å². The lowest BCUT2D eigenvalue weighted by atomic mass is 10.1. The maximum Gasteiger partial charge on any atom is 0.191 e. The van der Waals surface area contributed by atoms with E-state index in [1.54, 1.807) is 42.5 Å². The summed E-state index contributed by atoms with van der Waals surface area (Å²) in [4.78, 5) is 10.8. The lowest BCUT2D eigenvalue weighted by Crippen LogP contribution is -2.48. The Hall–Kier alpha value is -2.41. The van der Waals surface area contributed by atoms with Crippen molar-refractivity contribution in [1.29, 1.82) is 0 Å². The molecule has 0 atom stereocenters. The summed E-state index contributed by atoms with van der Waals surface area (Å²) in [6.45, 7) is 6.18. The SMILES string of the molecule is CCCN1CCC(NC(=NC)NCc2ccc(-n3ccnc3)c(F)c2)CC1. The Labute approximate surface area is 160 Å². The van der Waals surface area contributed by atoms with Gasteiger partial charge in [-0.05, 0) is 43.5 Å². The Bertz CT molecular complexity index is 735. The number of aromatic nitrogens is 2. The summed E-state index contributed by atoms with van der Waals surface area (Å²) in [5.41, 5.74) is 1.37. The van der Waals surface area contributed by atoms with Crippen LogP contribution in [-0.2, 0) is 6.54 Å². The largest absolute Gasteiger partial charge is 0.354 e. The number of guanidine groups is 1. The molecule has 2 heterocycles. The molecule has 1 aliphatic rings. The van der Waals surface area contributed by atoms with E-state index in [4.69, 9.17) is 0 Å². The second-order valence-corrected chi connectivity index (χ2v) is 6.94. The fraction of sp³-hybridized carbons (Fsp3) is 0.500. The number of hydrogen-bond donors (Lipinski definition) is 2. The number of halogens is 1. The molecule has 7 heteroatoms. The summed E-state index contributed by atoms with van der Waals surface area (Å²) in [7, 11) is 1.77. The predicted molar refractivity (Wildman–Crippen MR) is 107 cm³/mol. The van der Waals surface area contributed by atoms with Gasteiger partial charge in [0, 0.05) is 45.1 Å². The highest BCUT2D eigenvalue weighted by atomic mass is 19.1. The van der Waals surface area contributed by atoms with Crippen molar-refractivity contribution >= 4 is 5.96 Å². The standard InChI is InChI=1S/C20H29FN6/c1-3-9-26-10-6-17(7-11-26)25-20(22-2)24-14-16-4-5-19(18(21)13-16)27-12-8-23-15-27/h4-5,8,12-13,15,17H,3,6-7,9-11,14H2,1-2H3,(H2,22,24,25). The monoisotopic (exact) mass is 372 g/mol. The van der Waals surface area contributed by atoms with E-state index in [0.717, 1.165) is 37.5 Å². The second kappa shape index (κ2) is 9.50. The zero-order valence-corrected chi connectivity index (χ0v) is 16.2. The third-order valence-corrected chi connectivity index (χ3v) is 4.95. The fourth-order valence-electron chi connectivity index (χ4n) is 3.46. The highest BCUT2D eigenvalue weighted by Gasteiger charge is 2.19. The van der Waals surface area contributed by atoms with E-state index in [1.807, 2.05) is 6.07 Å². The van der Waals surface area contributed by atoms with Crippen molar-refractivity contribution in [2.45, 2.75) is 38.8 Å². The molecule has 0 saturated carbocycles. The fourth-order valence-corrected chi connectivity index (χ4v) is 3.46. The average molecular weight is 372 g/mol. The number of likely N-dealkylation sites (tertiary alicyclic amines) is 1. The molecule has 2 N–H and O–H groups in total. The van der Waals surface area contributed by atoms with Gasteiger partial charge in [-0.2, -0.15) is 0 Å². The summed E-state index contributed by atoms with van der Waals surface area (Å²) in [5.74, 6) is 0.501. The van der Waals surface area contributed by atoms with E-state index in [1.165, 1.54) is 13.0 Å². The Morgan fingerprint density at radius 2 is 2.15 bits per heavy atom. The maximum atomic E-state index is 14.4. The van der Waals surface area contributed by atoms with Crippen molar-refractivity contribution in [3.63, 3.8) is 0 Å². The van der Waals surface area contributed by atoms with Gasteiger partial charge in [-0.25, -0.2) is 9.37 Å². The molecule has 0 bridgehead atoms. The minimum Gasteiger partial charge on any atom is -0.354 e. The number of aliphatic imine (C=N–C) groups is 1. The van der Waals surface area contributed by atoms with Crippen LogP contribution in [-0.4, -0.2) is 53.1 Å². The van der Waals surface area contributed by atoms with Crippen LogP contribution < -0.4 is 10.6 Å². The quantitative estimate of drug-likeness (QED) is 0.604. The maximum absolute atomic E-state index is 14.4. The molecule has 0 aliphatic carbocycles. The molecular formula is C20H29FN6. The average Bonchev–Trinajstić information content (AvgIpc) is 3.21. The minimum atomic E-state index is -0.265. The van der Waals surface area contributed by atoms with E-state index in [2.05, 4.69) is 32.4 Å². The van der Waals surface area contributed by atoms with Crippen LogP contribution in [0.15, 0.2) is 41.9 Å². The normalized spacial score (nSPS) is 16.5. The van der Waals surface area contributed by atoms with Gasteiger partial charge < -0.3 is 20.1 Å². The van der Waals surface area contributed by atoms with E-state index in [-0.39, 0.29) is 5.82 Å². The molecule has 1 aromatic carbocycles. The highest BCUT2D eigenvalue weighted by Crippen LogP contribution is 2.15. The van der Waals surface area contributed by atoms with Crippen molar-refractivity contribution in [2.24, 2.45) is 4.99 Å². The summed E-state index contributed by atoms with van der Waals surface area (Å²) < 4.78 is 16.0. The van der Waals surface area contributed by atoms with E-state index in [0.29, 0.717) is 18.3 Å². The van der Waals surface area contributed by atoms with Crippen LogP contribution in [0.4, 0.5) is 4.39 Å². The van der Waals surface area contributed by atoms with E-state index in [9.17, 15) is 4.39 Å². The zero-order valence-electron chi connectivity index (χ0n) is 16.2. The van der Waals surface area contributed by atoms with Gasteiger partial charge in [0.2, 0.25) is 0 Å². The predicted octanol–water partition coefficient (Wildman–Crippen LogP) is 2.55. The van der Waals surface area contributed by atoms with Crippen molar-refractivity contribution in [1.82, 2.24) is 25.1 Å². The molecule has 1 fully saturated rings. The number of piperidine rings is 1. The molecule has 6 nitrogen and oxygen atoms in total. The van der Waals surface area contributed by atoms with Gasteiger partial charge in [-0.1, -0.05) is 13.0 Å². The van der Waals surface area contributed by atoms with Gasteiger partial charge in [0.15, 0.2) is 5.96 Å². The Morgan fingerprint density at radius 3 is 2.78 bits per heavy atom. The molecule has 0 spiro atoms. The molecule has 3 rings (SSSR count). The molecule has 146 valence electrons. The third-order valence-electron chi connectivity index (χ3n) is 4.95. The Morgan fingerprint density at radius 1 is 1.33 bits per heavy atom. The van der Waals surface area contributed by atoms with Crippen molar-refractivity contribution in [2.75, 3.05) is 26.7 Å². The summed E-state index contributed by atoms with van der Waals surface area (Å²) in [6, 6.07) is 5.68. The first-order valence-corrected chi connectivity index (χ1v) is 9.66. The lowest BCUT2D eigenvalue weighted by Gasteiger charge is -2.32. The van der Waals surface area contributed by atoms with Gasteiger partial charge in [-0.3, -0.25) is 4.99 Å². The Balaban J connectivity index is 1.50. The Kier molecular flexibility index (Phi) is 6.81. The molecule has 0 amide bonds. The molecule has 27 heavy (non-hydrogen) atoms. The van der Waals surface area contributed by atoms with Gasteiger partial charge in [0.05, 0.1) is 12.0 Å². The zero-order chi connectivity index (χ0) is 19.1. The molecule has 0 radical (unpaired) electrons. The molecule has 1 aromatic heterocycles. The lowest BCUT2D eigenvalue weighted by molar-refractivity contribution is 0.206. The molecular weight excluding hydrogens is 343 g/mol. The van der Waals surface area contributed by atoms with Crippen LogP contribution in [0.2, 0.25) is 0 Å². The third kappa shape index (κ3) is 5.29. The van der Waals surface area contributed by atoms with Crippen molar-refractivity contribution in [3.05, 3.63) is 48.3 Å². The minimum absolute atomic E-state index is 0.265. The van der Waals surface area contributed by atoms with Crippen molar-refractivity contribution < 1.29 is 4.39 Å².